The fourth-order valence-corrected chi connectivity index (χ4v) is 13.6. The summed E-state index contributed by atoms with van der Waals surface area (Å²) in [6.45, 7) is 11.2. The number of anilines is 2. The Labute approximate surface area is 448 Å². The Balaban J connectivity index is 0.992. The number of ether oxygens (including phenoxy) is 1. The molecule has 4 aromatic rings. The molecule has 0 radical (unpaired) electrons. The van der Waals surface area contributed by atoms with Gasteiger partial charge < -0.3 is 24.7 Å². The van der Waals surface area contributed by atoms with Crippen molar-refractivity contribution in [3.8, 4) is 0 Å². The quantitative estimate of drug-likeness (QED) is 0.0310. The number of rotatable bonds is 21. The molecule has 2 aliphatic heterocycles. The fraction of sp³-hybridized carbons (Fsp3) is 0.472. The van der Waals surface area contributed by atoms with Gasteiger partial charge in [0.1, 0.15) is 4.90 Å². The summed E-state index contributed by atoms with van der Waals surface area (Å²) in [6, 6.07) is 25.3. The summed E-state index contributed by atoms with van der Waals surface area (Å²) >= 11 is 7.59. The molecule has 2 fully saturated rings. The highest BCUT2D eigenvalue weighted by Crippen LogP contribution is 2.43. The van der Waals surface area contributed by atoms with Gasteiger partial charge in [-0.15, -0.1) is 11.8 Å². The van der Waals surface area contributed by atoms with Crippen LogP contribution in [0.15, 0.2) is 117 Å². The Morgan fingerprint density at radius 1 is 0.907 bits per heavy atom. The Hall–Kier alpha value is -4.40. The molecule has 14 nitrogen and oxygen atoms in total. The van der Waals surface area contributed by atoms with E-state index >= 15 is 0 Å². The largest absolute Gasteiger partial charge is 0.501 e. The van der Waals surface area contributed by atoms with Gasteiger partial charge in [0.2, 0.25) is 0 Å². The Morgan fingerprint density at radius 3 is 2.21 bits per heavy atom. The monoisotopic (exact) mass is 1140 g/mol. The van der Waals surface area contributed by atoms with Crippen LogP contribution in [-0.4, -0.2) is 133 Å². The summed E-state index contributed by atoms with van der Waals surface area (Å²) in [5.41, 5.74) is -1.25. The first-order valence-electron chi connectivity index (χ1n) is 25.1. The molecule has 408 valence electrons. The second kappa shape index (κ2) is 24.9. The number of piperidine rings is 1. The number of alkyl halides is 3. The van der Waals surface area contributed by atoms with E-state index in [1.54, 1.807) is 12.1 Å². The molecule has 22 heteroatoms. The second-order valence-corrected chi connectivity index (χ2v) is 28.1. The fourth-order valence-electron chi connectivity index (χ4n) is 9.71. The van der Waals surface area contributed by atoms with E-state index in [0.717, 1.165) is 61.6 Å². The second-order valence-electron chi connectivity index (χ2n) is 20.4. The molecule has 3 aliphatic rings. The van der Waals surface area contributed by atoms with Crippen LogP contribution in [0.25, 0.3) is 5.57 Å². The van der Waals surface area contributed by atoms with Crippen molar-refractivity contribution in [2.75, 3.05) is 87.8 Å². The maximum absolute atomic E-state index is 14.4. The van der Waals surface area contributed by atoms with Gasteiger partial charge in [0.05, 0.1) is 23.1 Å². The van der Waals surface area contributed by atoms with Crippen LogP contribution >= 0.6 is 30.7 Å². The first-order valence-corrected chi connectivity index (χ1v) is 31.7. The van der Waals surface area contributed by atoms with Crippen molar-refractivity contribution in [2.24, 2.45) is 11.3 Å². The zero-order valence-electron chi connectivity index (χ0n) is 42.4. The topological polar surface area (TPSA) is 183 Å². The minimum absolute atomic E-state index is 0.0314. The van der Waals surface area contributed by atoms with Gasteiger partial charge in [-0.3, -0.25) is 19.1 Å². The third-order valence-electron chi connectivity index (χ3n) is 14.0. The number of nitrogens with zero attached hydrogens (tertiary/aromatic N) is 3. The van der Waals surface area contributed by atoms with Crippen molar-refractivity contribution in [2.45, 2.75) is 85.0 Å². The molecule has 3 N–H and O–H groups in total. The molecule has 2 atom stereocenters. The molecule has 0 bridgehead atoms. The first-order chi connectivity index (χ1) is 35.4. The zero-order valence-corrected chi connectivity index (χ0v) is 46.5. The van der Waals surface area contributed by atoms with Crippen LogP contribution < -0.4 is 14.9 Å². The molecule has 0 aromatic heterocycles. The van der Waals surface area contributed by atoms with E-state index in [1.165, 1.54) is 47.3 Å². The van der Waals surface area contributed by atoms with E-state index < -0.39 is 60.2 Å². The molecule has 1 aliphatic carbocycles. The lowest BCUT2D eigenvalue weighted by atomic mass is 9.73. The van der Waals surface area contributed by atoms with Gasteiger partial charge >= 0.3 is 11.5 Å². The molecule has 4 aromatic carbocycles. The minimum Gasteiger partial charge on any atom is -0.465 e. The van der Waals surface area contributed by atoms with Crippen molar-refractivity contribution in [1.29, 1.82) is 0 Å². The number of hydrogen-bond acceptors (Lipinski definition) is 13. The number of halogens is 4. The highest BCUT2D eigenvalue weighted by Gasteiger charge is 2.48. The van der Waals surface area contributed by atoms with E-state index in [9.17, 15) is 49.1 Å². The first kappa shape index (κ1) is 58.3. The molecular formula is C53H66ClF3N5O9PS3. The number of thioether (sulfide) groups is 1. The van der Waals surface area contributed by atoms with Crippen LogP contribution in [0, 0.1) is 11.3 Å². The number of esters is 1. The third-order valence-corrected chi connectivity index (χ3v) is 19.4. The number of amides is 1. The molecule has 7 rings (SSSR count). The Bertz CT molecular complexity index is 2930. The maximum Gasteiger partial charge on any atom is 0.501 e. The van der Waals surface area contributed by atoms with Gasteiger partial charge in [-0.2, -0.15) is 13.2 Å². The van der Waals surface area contributed by atoms with Crippen LogP contribution in [0.2, 0.25) is 5.02 Å². The number of carbonyl (C=O) groups is 2. The highest BCUT2D eigenvalue weighted by molar-refractivity contribution is 7.99. The van der Waals surface area contributed by atoms with Crippen LogP contribution in [0.1, 0.15) is 74.7 Å². The summed E-state index contributed by atoms with van der Waals surface area (Å²) < 4.78 is 116. The van der Waals surface area contributed by atoms with Crippen LogP contribution in [-0.2, 0) is 34.0 Å². The molecule has 1 unspecified atom stereocenters. The molecule has 0 spiro atoms. The number of sulfone groups is 1. The number of allylic oxidation sites excluding steroid dienone is 1. The number of sulfonamides is 1. The standard InChI is InChI=1S/C53H66ClF3N5O9PS3/c1-52(2)24-20-47(38-10-14-42(54)15-11-38)41(35-52)36-61-28-30-62(31-29-61)44-16-12-39(13-17-44)50(63)59-75(69,70)46-18-19-48(49(34-46)74(67,68)53(55,56)57)58-43(37-73-45-8-5-4-6-9-45)23-27-60-25-21-40(22-26-60)51(64)71-32-7-33-72(3,65)66/h4-6,8-19,34,40,43,58H,7,20-33,35-37H2,1-3H3,(H,59,63)(H,65,66)/t43-/m1/s1. The van der Waals surface area contributed by atoms with Crippen molar-refractivity contribution in [3.05, 3.63) is 119 Å². The number of nitrogens with one attached hydrogen (secondary N) is 2. The van der Waals surface area contributed by atoms with Gasteiger partial charge in [0, 0.05) is 85.1 Å². The summed E-state index contributed by atoms with van der Waals surface area (Å²) in [7, 11) is -14.3. The molecular weight excluding hydrogens is 1070 g/mol. The summed E-state index contributed by atoms with van der Waals surface area (Å²) in [5.74, 6) is -1.52. The molecule has 2 heterocycles. The zero-order chi connectivity index (χ0) is 54.2. The van der Waals surface area contributed by atoms with Crippen LogP contribution in [0.5, 0.6) is 0 Å². The predicted octanol–water partition coefficient (Wildman–Crippen LogP) is 10.0. The van der Waals surface area contributed by atoms with Crippen molar-refractivity contribution < 1.29 is 53.8 Å². The van der Waals surface area contributed by atoms with E-state index in [4.69, 9.17) is 16.3 Å². The summed E-state index contributed by atoms with van der Waals surface area (Å²) in [6.07, 6.45) is 4.72. The van der Waals surface area contributed by atoms with Gasteiger partial charge in [-0.25, -0.2) is 21.6 Å². The number of hydrogen-bond donors (Lipinski definition) is 3. The highest BCUT2D eigenvalue weighted by atomic mass is 35.5. The smallest absolute Gasteiger partial charge is 0.465 e. The van der Waals surface area contributed by atoms with Crippen molar-refractivity contribution >= 4 is 79.4 Å². The van der Waals surface area contributed by atoms with Gasteiger partial charge in [-0.05, 0) is 141 Å². The number of benzene rings is 4. The SMILES string of the molecule is CC1(C)CCC(c2ccc(Cl)cc2)=C(CN2CCN(c3ccc(C(=O)NS(=O)(=O)c4ccc(N[C@H](CCN5CCC(C(=O)OCCCP(C)(=O)O)CC5)CSc5ccccc5)c(S(=O)(=O)C(F)(F)F)c4)cc3)CC2)C1. The average molecular weight is 1140 g/mol. The lowest BCUT2D eigenvalue weighted by Crippen LogP contribution is -2.47. The van der Waals surface area contributed by atoms with Crippen LogP contribution in [0.4, 0.5) is 24.5 Å². The molecule has 75 heavy (non-hydrogen) atoms. The van der Waals surface area contributed by atoms with Gasteiger partial charge in [-0.1, -0.05) is 61.4 Å². The Morgan fingerprint density at radius 2 is 1.57 bits per heavy atom. The molecule has 0 saturated carbocycles. The van der Waals surface area contributed by atoms with Gasteiger partial charge in [0.15, 0.2) is 7.37 Å². The van der Waals surface area contributed by atoms with E-state index in [0.29, 0.717) is 63.1 Å². The lowest BCUT2D eigenvalue weighted by molar-refractivity contribution is -0.150. The number of likely N-dealkylation sites (tertiary alicyclic amines) is 1. The number of carbonyl (C=O) groups excluding carboxylic acids is 2. The van der Waals surface area contributed by atoms with Crippen molar-refractivity contribution in [1.82, 2.24) is 14.5 Å². The van der Waals surface area contributed by atoms with E-state index in [2.05, 4.69) is 46.0 Å². The third kappa shape index (κ3) is 16.3. The summed E-state index contributed by atoms with van der Waals surface area (Å²) in [5, 5.41) is 3.68. The van der Waals surface area contributed by atoms with E-state index in [1.807, 2.05) is 47.2 Å². The van der Waals surface area contributed by atoms with E-state index in [-0.39, 0.29) is 47.8 Å². The Kier molecular flexibility index (Phi) is 19.4. The lowest BCUT2D eigenvalue weighted by Gasteiger charge is -2.39. The van der Waals surface area contributed by atoms with Gasteiger partial charge in [0.25, 0.3) is 25.8 Å². The van der Waals surface area contributed by atoms with Crippen LogP contribution in [0.3, 0.4) is 0 Å². The normalized spacial score (nSPS) is 18.5. The molecule has 2 saturated heterocycles. The molecule has 1 amide bonds. The minimum atomic E-state index is -6.14. The average Bonchev–Trinajstić information content (AvgIpc) is 3.36. The number of piperazine rings is 1. The predicted molar refractivity (Wildman–Crippen MR) is 290 cm³/mol. The van der Waals surface area contributed by atoms with Crippen molar-refractivity contribution in [3.63, 3.8) is 0 Å². The maximum atomic E-state index is 14.4. The summed E-state index contributed by atoms with van der Waals surface area (Å²) in [4.78, 5) is 41.0.